The third-order valence-electron chi connectivity index (χ3n) is 23.3. The van der Waals surface area contributed by atoms with Gasteiger partial charge in [0.15, 0.2) is 69.2 Å². The Morgan fingerprint density at radius 3 is 0.891 bits per heavy atom. The van der Waals surface area contributed by atoms with E-state index in [0.717, 1.165) is 160 Å². The van der Waals surface area contributed by atoms with Crippen molar-refractivity contribution in [2.75, 3.05) is 0 Å². The number of para-hydroxylation sites is 2. The van der Waals surface area contributed by atoms with Gasteiger partial charge in [0.05, 0.1) is 11.1 Å². The zero-order valence-corrected chi connectivity index (χ0v) is 69.3. The van der Waals surface area contributed by atoms with Gasteiger partial charge in [-0.1, -0.05) is 334 Å². The third-order valence-corrected chi connectivity index (χ3v) is 24.5. The summed E-state index contributed by atoms with van der Waals surface area (Å²) < 4.78 is 27.8. The summed E-state index contributed by atoms with van der Waals surface area (Å²) in [7, 11) is 0. The molecular formula is C112H66N12O4S. The van der Waals surface area contributed by atoms with Gasteiger partial charge in [0, 0.05) is 103 Å². The molecule has 26 rings (SSSR count). The van der Waals surface area contributed by atoms with Gasteiger partial charge in [0.1, 0.15) is 27.7 Å². The van der Waals surface area contributed by atoms with Gasteiger partial charge >= 0.3 is 0 Å². The van der Waals surface area contributed by atoms with Gasteiger partial charge in [-0.25, -0.2) is 59.8 Å². The van der Waals surface area contributed by atoms with E-state index in [-0.39, 0.29) is 0 Å². The molecule has 0 saturated heterocycles. The summed E-state index contributed by atoms with van der Waals surface area (Å²) in [6, 6.07) is 134. The molecule has 8 heterocycles. The molecule has 17 heteroatoms. The van der Waals surface area contributed by atoms with Crippen LogP contribution in [0, 0.1) is 0 Å². The highest BCUT2D eigenvalue weighted by Gasteiger charge is 2.24. The average Bonchev–Trinajstić information content (AvgIpc) is 1.66. The first-order valence-corrected chi connectivity index (χ1v) is 43.1. The van der Waals surface area contributed by atoms with Gasteiger partial charge in [-0.3, -0.25) is 0 Å². The summed E-state index contributed by atoms with van der Waals surface area (Å²) in [4.78, 5) is 59.1. The maximum absolute atomic E-state index is 6.42. The average molecular weight is 1680 g/mol. The molecule has 0 aliphatic heterocycles. The lowest BCUT2D eigenvalue weighted by Gasteiger charge is -2.09. The zero-order valence-electron chi connectivity index (χ0n) is 68.5. The molecule has 0 fully saturated rings. The van der Waals surface area contributed by atoms with Crippen LogP contribution in [-0.2, 0) is 0 Å². The topological polar surface area (TPSA) is 207 Å². The molecule has 604 valence electrons. The van der Waals surface area contributed by atoms with Crippen molar-refractivity contribution in [2.45, 2.75) is 0 Å². The lowest BCUT2D eigenvalue weighted by molar-refractivity contribution is 0.615. The molecule has 8 aromatic heterocycles. The van der Waals surface area contributed by atoms with E-state index in [9.17, 15) is 0 Å². The van der Waals surface area contributed by atoms with E-state index in [2.05, 4.69) is 146 Å². The third kappa shape index (κ3) is 14.1. The first kappa shape index (κ1) is 75.2. The molecule has 26 aromatic rings. The second-order valence-electron chi connectivity index (χ2n) is 31.3. The molecule has 0 spiro atoms. The van der Waals surface area contributed by atoms with Crippen molar-refractivity contribution in [3.05, 3.63) is 400 Å². The SMILES string of the molecule is c1ccc(-c2nc(-c3ccccc3)nc(-c3ccc4ccc5oc(-c6cccc7c6oc6ccccc67)nc5c4c3)n2)cc1.c1ccc(-c2nc(-c3ccccc3)nc(-c3ccc4ccc5oc(-c6cccc7c6sc6ccccc67)nc5c4c3)n2)cc1.c1ccc(-c2nc(-c3ccccc3)nc(-c3ccc4ccc5oc(-c6cccc7ccccc67)nc5c4c3)n2)cc1. The van der Waals surface area contributed by atoms with Crippen molar-refractivity contribution in [2.24, 2.45) is 0 Å². The van der Waals surface area contributed by atoms with Gasteiger partial charge in [-0.05, 0) is 93.7 Å². The normalized spacial score (nSPS) is 11.6. The Morgan fingerprint density at radius 1 is 0.171 bits per heavy atom. The largest absolute Gasteiger partial charge is 0.455 e. The van der Waals surface area contributed by atoms with Crippen molar-refractivity contribution >= 4 is 130 Å². The number of thiophene rings is 1. The molecule has 0 atom stereocenters. The highest BCUT2D eigenvalue weighted by molar-refractivity contribution is 7.26. The molecule has 0 aliphatic carbocycles. The Kier molecular flexibility index (Phi) is 18.6. The molecule has 16 nitrogen and oxygen atoms in total. The first-order valence-electron chi connectivity index (χ1n) is 42.3. The smallest absolute Gasteiger partial charge is 0.231 e. The Morgan fingerprint density at radius 2 is 0.465 bits per heavy atom. The summed E-state index contributed by atoms with van der Waals surface area (Å²) in [5.74, 6) is 7.31. The molecule has 0 saturated carbocycles. The number of oxazole rings is 3. The molecular weight excluding hydrogens is 1610 g/mol. The molecule has 0 unspecified atom stereocenters. The fourth-order valence-corrected chi connectivity index (χ4v) is 18.2. The summed E-state index contributed by atoms with van der Waals surface area (Å²) in [5, 5.41) is 12.9. The van der Waals surface area contributed by atoms with Gasteiger partial charge in [-0.15, -0.1) is 11.3 Å². The van der Waals surface area contributed by atoms with E-state index in [0.29, 0.717) is 75.7 Å². The summed E-state index contributed by atoms with van der Waals surface area (Å²) >= 11 is 1.77. The lowest BCUT2D eigenvalue weighted by Crippen LogP contribution is -2.00. The van der Waals surface area contributed by atoms with E-state index in [4.69, 9.17) is 77.5 Å². The zero-order chi connectivity index (χ0) is 85.2. The quantitative estimate of drug-likeness (QED) is 0.111. The summed E-state index contributed by atoms with van der Waals surface area (Å²) in [6.07, 6.45) is 0. The number of nitrogens with zero attached hydrogens (tertiary/aromatic N) is 12. The highest BCUT2D eigenvalue weighted by Crippen LogP contribution is 2.44. The van der Waals surface area contributed by atoms with Crippen LogP contribution in [0.2, 0.25) is 0 Å². The minimum atomic E-state index is 0.514. The van der Waals surface area contributed by atoms with Gasteiger partial charge in [0.2, 0.25) is 17.7 Å². The standard InChI is InChI=1S/C38H22N4O2.C38H22N4OS.C36H22N4O/c1-3-10-24(11-4-1)35-40-36(25-12-5-2-6-13-25)42-37(41-35)26-19-18-23-20-21-32-33(30(23)22-26)39-38(44-32)29-16-9-15-28-27-14-7-8-17-31(27)43-34(28)29;1-3-10-24(11-4-1)35-40-36(25-12-5-2-6-13-25)42-37(41-35)26-19-18-23-20-21-31-33(30(23)22-26)39-38(43-31)29-16-9-15-28-27-14-7-8-17-32(27)44-34(28)29;1-3-11-25(12-4-1)33-38-34(26-13-5-2-6-14-26)40-35(39-33)27-19-18-24-20-21-31-32(30(24)22-27)37-36(41-31)29-17-9-15-23-10-7-8-16-28(23)29/h2*1-22H;1-22H. The van der Waals surface area contributed by atoms with E-state index in [1.54, 1.807) is 11.3 Å². The van der Waals surface area contributed by atoms with Crippen molar-refractivity contribution in [1.29, 1.82) is 0 Å². The van der Waals surface area contributed by atoms with Crippen LogP contribution < -0.4 is 0 Å². The maximum Gasteiger partial charge on any atom is 0.231 e. The molecule has 0 radical (unpaired) electrons. The molecule has 0 bridgehead atoms. The van der Waals surface area contributed by atoms with E-state index < -0.39 is 0 Å². The highest BCUT2D eigenvalue weighted by atomic mass is 32.1. The van der Waals surface area contributed by atoms with Crippen LogP contribution in [-0.4, -0.2) is 59.8 Å². The number of hydrogen-bond donors (Lipinski definition) is 0. The van der Waals surface area contributed by atoms with Crippen LogP contribution in [0.25, 0.3) is 255 Å². The van der Waals surface area contributed by atoms with E-state index >= 15 is 0 Å². The summed E-state index contributed by atoms with van der Waals surface area (Å²) in [6.45, 7) is 0. The number of furan rings is 1. The van der Waals surface area contributed by atoms with Crippen molar-refractivity contribution in [3.63, 3.8) is 0 Å². The number of rotatable bonds is 12. The van der Waals surface area contributed by atoms with Gasteiger partial charge in [0.25, 0.3) is 0 Å². The predicted octanol–water partition coefficient (Wildman–Crippen LogP) is 28.9. The maximum atomic E-state index is 6.42. The fraction of sp³-hybridized carbons (Fsp3) is 0. The van der Waals surface area contributed by atoms with Crippen LogP contribution in [0.4, 0.5) is 0 Å². The second-order valence-corrected chi connectivity index (χ2v) is 32.4. The Hall–Kier alpha value is -17.5. The number of hydrogen-bond acceptors (Lipinski definition) is 17. The van der Waals surface area contributed by atoms with Crippen LogP contribution in [0.5, 0.6) is 0 Å². The van der Waals surface area contributed by atoms with Gasteiger partial charge < -0.3 is 17.7 Å². The van der Waals surface area contributed by atoms with Crippen LogP contribution in [0.3, 0.4) is 0 Å². The van der Waals surface area contributed by atoms with Crippen molar-refractivity contribution in [1.82, 2.24) is 59.8 Å². The predicted molar refractivity (Wildman–Crippen MR) is 518 cm³/mol. The first-order chi connectivity index (χ1) is 63.9. The Bertz CT molecular complexity index is 8300. The number of aromatic nitrogens is 12. The lowest BCUT2D eigenvalue weighted by atomic mass is 10.0. The fourth-order valence-electron chi connectivity index (χ4n) is 16.9. The molecule has 0 amide bonds. The minimum Gasteiger partial charge on any atom is -0.455 e. The van der Waals surface area contributed by atoms with Crippen molar-refractivity contribution < 1.29 is 17.7 Å². The summed E-state index contributed by atoms with van der Waals surface area (Å²) in [5.41, 5.74) is 17.2. The molecule has 129 heavy (non-hydrogen) atoms. The Balaban J connectivity index is 0.000000108. The Labute approximate surface area is 739 Å². The second kappa shape index (κ2) is 32.0. The molecule has 0 aliphatic rings. The van der Waals surface area contributed by atoms with E-state index in [1.165, 1.54) is 20.2 Å². The molecule has 0 N–H and O–H groups in total. The molecule has 18 aromatic carbocycles. The van der Waals surface area contributed by atoms with Gasteiger partial charge in [-0.2, -0.15) is 0 Å². The van der Waals surface area contributed by atoms with Crippen molar-refractivity contribution in [3.8, 4) is 137 Å². The van der Waals surface area contributed by atoms with Crippen LogP contribution in [0.1, 0.15) is 0 Å². The van der Waals surface area contributed by atoms with Crippen LogP contribution >= 0.6 is 11.3 Å². The number of benzene rings is 18. The minimum absolute atomic E-state index is 0.514. The number of fused-ring (bicyclic) bond motifs is 16. The van der Waals surface area contributed by atoms with E-state index in [1.807, 2.05) is 255 Å². The van der Waals surface area contributed by atoms with Crippen LogP contribution in [0.15, 0.2) is 418 Å². The monoisotopic (exact) mass is 1670 g/mol.